The van der Waals surface area contributed by atoms with E-state index >= 15 is 0 Å². The fourth-order valence-corrected chi connectivity index (χ4v) is 10.8. The van der Waals surface area contributed by atoms with Crippen molar-refractivity contribution in [2.24, 2.45) is 7.05 Å². The molecule has 2 saturated heterocycles. The molecule has 2 fully saturated rings. The minimum absolute atomic E-state index is 0.00533. The van der Waals surface area contributed by atoms with Gasteiger partial charge >= 0.3 is 28.0 Å². The number of nitrogens with one attached hydrogen (secondary N) is 2. The number of methoxy groups -OCH3 is 1. The molecule has 6 rings (SSSR count). The summed E-state index contributed by atoms with van der Waals surface area (Å²) in [6.07, 6.45) is -9.01. The van der Waals surface area contributed by atoms with Gasteiger partial charge in [-0.05, 0) is 18.7 Å². The molecule has 0 aromatic carbocycles. The van der Waals surface area contributed by atoms with E-state index < -0.39 is 95.8 Å². The maximum atomic E-state index is 12.7. The molecule has 5 unspecified atom stereocenters. The van der Waals surface area contributed by atoms with Crippen LogP contribution in [0.5, 0.6) is 0 Å². The lowest BCUT2D eigenvalue weighted by atomic mass is 10.1. The zero-order valence-electron chi connectivity index (χ0n) is 27.4. The van der Waals surface area contributed by atoms with Crippen molar-refractivity contribution >= 4 is 62.4 Å². The molecule has 11 atom stereocenters. The van der Waals surface area contributed by atoms with Gasteiger partial charge < -0.3 is 54.9 Å². The van der Waals surface area contributed by atoms with Crippen LogP contribution in [-0.4, -0.2) is 121 Å². The van der Waals surface area contributed by atoms with Crippen molar-refractivity contribution in [3.8, 4) is 0 Å². The molecule has 0 aliphatic carbocycles. The number of nitrogen functional groups attached to an aromatic ring is 1. The molecule has 53 heavy (non-hydrogen) atoms. The number of aliphatic hydroxyl groups is 3. The molecule has 0 saturated carbocycles. The standard InChI is InChI=1S/C23H32N9O17P3S/c1-8-26-17-11(19(36)27-8)25-6-31(17)21-15(35)13(33)9(46-21)4-44-50(38,39)48-52(42,53)49-51(40,41)45-5-10-14(34)16(43-3)22(47-10)32-7-30(2)12-18(32)28-23(24)29-20(12)37/h6-7,9-10,13-16,21-22,33-35H,4-5H2,1-3H3,(H6-,24,26,27,28,29,36,37,38,39,40,41,42,53)/p+1/t9-,10-,13+,14+,15?,16?,21-,22-,52?/m1/s1. The van der Waals surface area contributed by atoms with Crippen molar-refractivity contribution < 1.29 is 75.6 Å². The number of aliphatic hydroxyl groups excluding tert-OH is 3. The fourth-order valence-electron chi connectivity index (χ4n) is 5.77. The van der Waals surface area contributed by atoms with Crippen LogP contribution in [0.4, 0.5) is 5.95 Å². The highest BCUT2D eigenvalue weighted by atomic mass is 32.5. The van der Waals surface area contributed by atoms with Gasteiger partial charge in [0.2, 0.25) is 11.7 Å². The average molecular weight is 833 g/mol. The highest BCUT2D eigenvalue weighted by molar-refractivity contribution is 8.09. The number of hydrogen-bond acceptors (Lipinski definition) is 19. The van der Waals surface area contributed by atoms with Gasteiger partial charge in [0, 0.05) is 7.11 Å². The Morgan fingerprint density at radius 3 is 2.23 bits per heavy atom. The third-order valence-electron chi connectivity index (χ3n) is 8.03. The molecule has 0 amide bonds. The van der Waals surface area contributed by atoms with Crippen molar-refractivity contribution in [3.63, 3.8) is 0 Å². The zero-order chi connectivity index (χ0) is 38.8. The molecule has 6 heterocycles. The second kappa shape index (κ2) is 14.6. The molecule has 26 nitrogen and oxygen atoms in total. The first-order valence-corrected chi connectivity index (χ1v) is 20.6. The largest absolute Gasteiger partial charge is 0.479 e. The van der Waals surface area contributed by atoms with Crippen LogP contribution in [0.3, 0.4) is 0 Å². The summed E-state index contributed by atoms with van der Waals surface area (Å²) in [6.45, 7) is -5.50. The maximum absolute atomic E-state index is 12.7. The van der Waals surface area contributed by atoms with Crippen LogP contribution < -0.4 is 21.4 Å². The minimum atomic E-state index is -5.45. The third kappa shape index (κ3) is 8.08. The van der Waals surface area contributed by atoms with Crippen molar-refractivity contribution in [1.82, 2.24) is 34.1 Å². The number of nitrogens with two attached hydrogens (primary N) is 1. The first kappa shape index (κ1) is 39.8. The first-order chi connectivity index (χ1) is 24.7. The molecular weight excluding hydrogens is 799 g/mol. The molecule has 2 aliphatic rings. The van der Waals surface area contributed by atoms with E-state index in [0.29, 0.717) is 0 Å². The predicted molar refractivity (Wildman–Crippen MR) is 176 cm³/mol. The fraction of sp³-hybridized carbons (Fsp3) is 0.565. The minimum Gasteiger partial charge on any atom is -0.387 e. The second-order valence-corrected chi connectivity index (χ2v) is 17.7. The van der Waals surface area contributed by atoms with E-state index in [1.807, 2.05) is 0 Å². The van der Waals surface area contributed by atoms with Crippen LogP contribution in [-0.2, 0) is 59.9 Å². The van der Waals surface area contributed by atoms with E-state index in [4.69, 9.17) is 29.0 Å². The van der Waals surface area contributed by atoms with Gasteiger partial charge in [0.25, 0.3) is 17.1 Å². The van der Waals surface area contributed by atoms with Gasteiger partial charge in [-0.15, -0.1) is 0 Å². The normalized spacial score (nSPS) is 29.8. The van der Waals surface area contributed by atoms with Crippen molar-refractivity contribution in [1.29, 1.82) is 0 Å². The molecule has 2 aliphatic heterocycles. The highest BCUT2D eigenvalue weighted by Crippen LogP contribution is 2.68. The lowest BCUT2D eigenvalue weighted by Gasteiger charge is -2.23. The quantitative estimate of drug-likeness (QED) is 0.0477. The van der Waals surface area contributed by atoms with Crippen LogP contribution in [0, 0.1) is 6.92 Å². The summed E-state index contributed by atoms with van der Waals surface area (Å²) in [4.78, 5) is 72.4. The predicted octanol–water partition coefficient (Wildman–Crippen LogP) is -3.05. The highest BCUT2D eigenvalue weighted by Gasteiger charge is 2.50. The monoisotopic (exact) mass is 832 g/mol. The number of hydrogen-bond donors (Lipinski definition) is 9. The molecule has 0 bridgehead atoms. The van der Waals surface area contributed by atoms with Crippen molar-refractivity contribution in [3.05, 3.63) is 39.2 Å². The van der Waals surface area contributed by atoms with Crippen LogP contribution in [0.2, 0.25) is 0 Å². The van der Waals surface area contributed by atoms with Gasteiger partial charge in [0.1, 0.15) is 42.4 Å². The van der Waals surface area contributed by atoms with Gasteiger partial charge in [-0.1, -0.05) is 4.98 Å². The molecule has 4 aromatic rings. The summed E-state index contributed by atoms with van der Waals surface area (Å²) in [7, 11) is -8.11. The van der Waals surface area contributed by atoms with Gasteiger partial charge in [0.15, 0.2) is 23.7 Å². The Morgan fingerprint density at radius 1 is 0.981 bits per heavy atom. The molecule has 4 aromatic heterocycles. The van der Waals surface area contributed by atoms with E-state index in [0.717, 1.165) is 10.9 Å². The topological polar surface area (TPSA) is 364 Å². The van der Waals surface area contributed by atoms with E-state index in [1.165, 1.54) is 36.5 Å². The molecule has 10 N–H and O–H groups in total. The Morgan fingerprint density at radius 2 is 1.60 bits per heavy atom. The summed E-state index contributed by atoms with van der Waals surface area (Å²) < 4.78 is 64.6. The number of nitrogens with zero attached hydrogens (tertiary/aromatic N) is 6. The van der Waals surface area contributed by atoms with Crippen molar-refractivity contribution in [2.45, 2.75) is 56.0 Å². The average Bonchev–Trinajstić information content (AvgIpc) is 3.77. The summed E-state index contributed by atoms with van der Waals surface area (Å²) in [5, 5.41) is 32.0. The number of ether oxygens (including phenoxy) is 3. The first-order valence-electron chi connectivity index (χ1n) is 15.0. The maximum Gasteiger partial charge on any atom is 0.479 e. The van der Waals surface area contributed by atoms with Crippen LogP contribution in [0.25, 0.3) is 22.3 Å². The number of rotatable bonds is 13. The Kier molecular flexibility index (Phi) is 11.0. The molecule has 30 heteroatoms. The number of aromatic amines is 2. The Hall–Kier alpha value is -2.91. The van der Waals surface area contributed by atoms with E-state index in [1.54, 1.807) is 0 Å². The lowest BCUT2D eigenvalue weighted by molar-refractivity contribution is -0.746. The van der Waals surface area contributed by atoms with Crippen LogP contribution in [0.1, 0.15) is 18.3 Å². The Bertz CT molecular complexity index is 2300. The number of aromatic nitrogens is 8. The summed E-state index contributed by atoms with van der Waals surface area (Å²) in [5.74, 6) is 0.00449. The Labute approximate surface area is 300 Å². The smallest absolute Gasteiger partial charge is 0.387 e. The number of aryl methyl sites for hydroxylation is 2. The third-order valence-corrected chi connectivity index (χ3v) is 13.5. The number of H-pyrrole nitrogens is 2. The number of anilines is 1. The van der Waals surface area contributed by atoms with Gasteiger partial charge in [0.05, 0.1) is 26.6 Å². The molecule has 0 spiro atoms. The second-order valence-electron chi connectivity index (χ2n) is 11.7. The van der Waals surface area contributed by atoms with Crippen molar-refractivity contribution in [2.75, 3.05) is 26.1 Å². The van der Waals surface area contributed by atoms with Gasteiger partial charge in [-0.3, -0.25) is 32.8 Å². The lowest BCUT2D eigenvalue weighted by Crippen LogP contribution is -2.47. The summed E-state index contributed by atoms with van der Waals surface area (Å²) in [5.41, 5.74) is 4.62. The Balaban J connectivity index is 1.06. The number of phosphoric acid groups is 2. The molecule has 292 valence electrons. The van der Waals surface area contributed by atoms with Crippen LogP contribution >= 0.6 is 22.4 Å². The number of fused-ring (bicyclic) bond motifs is 2. The van der Waals surface area contributed by atoms with E-state index in [9.17, 15) is 48.7 Å². The molecular formula is C23H33N9O17P3S+. The van der Waals surface area contributed by atoms with E-state index in [2.05, 4.69) is 45.3 Å². The zero-order valence-corrected chi connectivity index (χ0v) is 30.9. The SMILES string of the molecule is COC1[C@@H](O)[C@@H](COP(=O)(O)OP(O)(=S)OP(=O)(O)OC[C@H]2O[C@@H](n3cnc4c(=O)[nH]c(C)nc43)C(O)[C@H]2O)O[C@H]1[n+]1cn(C)c2c(=O)[nH]c(N)nc21. The molecule has 0 radical (unpaired) electrons. The summed E-state index contributed by atoms with van der Waals surface area (Å²) >= 11 is 4.61. The van der Waals surface area contributed by atoms with Crippen LogP contribution in [0.15, 0.2) is 22.2 Å². The van der Waals surface area contributed by atoms with E-state index in [-0.39, 0.29) is 34.1 Å². The number of imidazole rings is 2. The summed E-state index contributed by atoms with van der Waals surface area (Å²) in [6, 6.07) is 0. The number of phosphoric ester groups is 2. The van der Waals surface area contributed by atoms with Gasteiger partial charge in [-0.2, -0.15) is 0 Å². The van der Waals surface area contributed by atoms with Gasteiger partial charge in [-0.25, -0.2) is 32.3 Å².